The molecule has 4 N–H and O–H groups in total. The highest BCUT2D eigenvalue weighted by Crippen LogP contribution is 2.48. The van der Waals surface area contributed by atoms with Crippen molar-refractivity contribution in [2.24, 2.45) is 0 Å². The molecule has 0 fully saturated rings. The minimum Gasteiger partial charge on any atom is -0.506 e. The number of phenolic OH excluding ortho intramolecular Hbond substituents is 4. The maximum atomic E-state index is 11.8. The van der Waals surface area contributed by atoms with E-state index in [9.17, 15) is 25.2 Å². The second kappa shape index (κ2) is 6.17. The number of hydrogen-bond donors (Lipinski definition) is 4. The quantitative estimate of drug-likeness (QED) is 0.221. The molecule has 6 nitrogen and oxygen atoms in total. The van der Waals surface area contributed by atoms with Crippen LogP contribution in [-0.4, -0.2) is 20.4 Å². The van der Waals surface area contributed by atoms with Gasteiger partial charge >= 0.3 is 0 Å². The topological polar surface area (TPSA) is 111 Å². The van der Waals surface area contributed by atoms with Gasteiger partial charge in [0.05, 0.1) is 4.47 Å². The zero-order valence-electron chi connectivity index (χ0n) is 13.3. The Labute approximate surface area is 168 Å². The Morgan fingerprint density at radius 1 is 0.815 bits per heavy atom. The number of fused-ring (bicyclic) bond motifs is 2. The van der Waals surface area contributed by atoms with Crippen molar-refractivity contribution in [1.29, 1.82) is 0 Å². The minimum atomic E-state index is -0.624. The van der Waals surface area contributed by atoms with Crippen LogP contribution < -0.4 is 5.43 Å². The summed E-state index contributed by atoms with van der Waals surface area (Å²) in [6.07, 6.45) is 0. The summed E-state index contributed by atoms with van der Waals surface area (Å²) < 4.78 is 6.73. The van der Waals surface area contributed by atoms with Gasteiger partial charge in [-0.25, -0.2) is 0 Å². The van der Waals surface area contributed by atoms with E-state index in [1.165, 1.54) is 18.2 Å². The predicted molar refractivity (Wildman–Crippen MR) is 107 cm³/mol. The van der Waals surface area contributed by atoms with E-state index in [0.29, 0.717) is 31.0 Å². The van der Waals surface area contributed by atoms with E-state index in [1.54, 1.807) is 12.1 Å². The highest BCUT2D eigenvalue weighted by molar-refractivity contribution is 9.13. The first kappa shape index (κ1) is 17.7. The van der Waals surface area contributed by atoms with Crippen molar-refractivity contribution in [1.82, 2.24) is 0 Å². The Morgan fingerprint density at radius 3 is 2.26 bits per heavy atom. The van der Waals surface area contributed by atoms with Crippen molar-refractivity contribution in [3.05, 3.63) is 55.6 Å². The lowest BCUT2D eigenvalue weighted by Crippen LogP contribution is -2.01. The van der Waals surface area contributed by atoms with Gasteiger partial charge in [-0.2, -0.15) is 0 Å². The average Bonchev–Trinajstić information content (AvgIpc) is 2.62. The Kier molecular flexibility index (Phi) is 4.05. The van der Waals surface area contributed by atoms with Crippen LogP contribution in [-0.2, 0) is 0 Å². The van der Waals surface area contributed by atoms with Crippen LogP contribution in [0.3, 0.4) is 0 Å². The summed E-state index contributed by atoms with van der Waals surface area (Å²) in [4.78, 5) is 11.8. The molecule has 0 saturated carbocycles. The first-order valence-electron chi connectivity index (χ1n) is 7.60. The molecule has 0 bridgehead atoms. The largest absolute Gasteiger partial charge is 0.506 e. The first-order chi connectivity index (χ1) is 12.8. The zero-order chi connectivity index (χ0) is 19.5. The maximum Gasteiger partial charge on any atom is 0.223 e. The standard InChI is InChI=1S/C19H10Br2O6/c20-10-2-1-7(19(26)18(10)21)17-8-3-11(22)13(24)5-15(8)27-16-6-14(25)12(23)4-9(16)17/h1-6,22-24,26H. The van der Waals surface area contributed by atoms with Crippen LogP contribution in [0.4, 0.5) is 0 Å². The van der Waals surface area contributed by atoms with Crippen LogP contribution in [0.25, 0.3) is 33.4 Å². The molecule has 2 aliphatic rings. The predicted octanol–water partition coefficient (Wildman–Crippen LogP) is 4.91. The summed E-state index contributed by atoms with van der Waals surface area (Å²) in [6, 6.07) is 8.24. The van der Waals surface area contributed by atoms with E-state index < -0.39 is 11.2 Å². The van der Waals surface area contributed by atoms with Crippen LogP contribution in [0, 0.1) is 0 Å². The SMILES string of the molecule is O=c1cc2oc3cc(O)c(O)cc3c(-c3ccc(Br)c(Br)c3O)c-2cc1O. The third kappa shape index (κ3) is 2.72. The summed E-state index contributed by atoms with van der Waals surface area (Å²) in [5.41, 5.74) is 0.716. The summed E-state index contributed by atoms with van der Waals surface area (Å²) in [5.74, 6) is -1.17. The number of phenols is 4. The molecule has 1 heterocycles. The van der Waals surface area contributed by atoms with Crippen LogP contribution in [0.1, 0.15) is 0 Å². The molecule has 0 aromatic heterocycles. The van der Waals surface area contributed by atoms with Gasteiger partial charge in [-0.1, -0.05) is 0 Å². The molecular formula is C19H10Br2O6. The molecule has 1 aliphatic carbocycles. The fraction of sp³-hybridized carbons (Fsp3) is 0. The van der Waals surface area contributed by atoms with Crippen LogP contribution in [0.2, 0.25) is 0 Å². The second-order valence-electron chi connectivity index (χ2n) is 5.89. The fourth-order valence-corrected chi connectivity index (χ4v) is 3.63. The van der Waals surface area contributed by atoms with Gasteiger partial charge < -0.3 is 24.8 Å². The summed E-state index contributed by atoms with van der Waals surface area (Å²) in [5, 5.41) is 40.7. The lowest BCUT2D eigenvalue weighted by atomic mass is 9.92. The van der Waals surface area contributed by atoms with Crippen LogP contribution in [0.5, 0.6) is 23.0 Å². The Morgan fingerprint density at radius 2 is 1.52 bits per heavy atom. The van der Waals surface area contributed by atoms with E-state index in [2.05, 4.69) is 31.9 Å². The third-order valence-electron chi connectivity index (χ3n) is 4.23. The van der Waals surface area contributed by atoms with Gasteiger partial charge in [0.1, 0.15) is 17.1 Å². The molecule has 0 saturated heterocycles. The maximum absolute atomic E-state index is 11.8. The van der Waals surface area contributed by atoms with Gasteiger partial charge in [0.2, 0.25) is 5.43 Å². The molecule has 1 aliphatic heterocycles. The Bertz CT molecular complexity index is 1260. The number of benzene rings is 3. The molecule has 0 atom stereocenters. The summed E-state index contributed by atoms with van der Waals surface area (Å²) in [7, 11) is 0. The lowest BCUT2D eigenvalue weighted by molar-refractivity contribution is 0.404. The number of halogens is 2. The second-order valence-corrected chi connectivity index (χ2v) is 7.54. The normalized spacial score (nSPS) is 11.3. The van der Waals surface area contributed by atoms with Crippen molar-refractivity contribution in [3.63, 3.8) is 0 Å². The fourth-order valence-electron chi connectivity index (χ4n) is 2.96. The molecule has 0 unspecified atom stereocenters. The molecule has 4 rings (SSSR count). The average molecular weight is 494 g/mol. The number of aromatic hydroxyl groups is 4. The first-order valence-corrected chi connectivity index (χ1v) is 9.19. The zero-order valence-corrected chi connectivity index (χ0v) is 16.5. The highest BCUT2D eigenvalue weighted by atomic mass is 79.9. The third-order valence-corrected chi connectivity index (χ3v) is 6.23. The molecule has 27 heavy (non-hydrogen) atoms. The molecule has 0 spiro atoms. The molecule has 136 valence electrons. The highest BCUT2D eigenvalue weighted by Gasteiger charge is 2.23. The lowest BCUT2D eigenvalue weighted by Gasteiger charge is -2.17. The smallest absolute Gasteiger partial charge is 0.223 e. The van der Waals surface area contributed by atoms with Crippen molar-refractivity contribution in [2.75, 3.05) is 0 Å². The Hall–Kier alpha value is -2.71. The van der Waals surface area contributed by atoms with Gasteiger partial charge in [0.25, 0.3) is 0 Å². The Balaban J connectivity index is 2.26. The van der Waals surface area contributed by atoms with Crippen LogP contribution in [0.15, 0.2) is 54.6 Å². The molecule has 2 aromatic rings. The van der Waals surface area contributed by atoms with Gasteiger partial charge in [-0.05, 0) is 56.1 Å². The molecule has 0 radical (unpaired) electrons. The van der Waals surface area contributed by atoms with Crippen molar-refractivity contribution in [3.8, 4) is 45.4 Å². The van der Waals surface area contributed by atoms with E-state index in [-0.39, 0.29) is 28.6 Å². The van der Waals surface area contributed by atoms with Crippen LogP contribution >= 0.6 is 31.9 Å². The van der Waals surface area contributed by atoms with E-state index in [1.807, 2.05) is 0 Å². The monoisotopic (exact) mass is 492 g/mol. The van der Waals surface area contributed by atoms with Crippen molar-refractivity contribution < 1.29 is 24.8 Å². The van der Waals surface area contributed by atoms with E-state index in [0.717, 1.165) is 6.07 Å². The number of hydrogen-bond acceptors (Lipinski definition) is 6. The van der Waals surface area contributed by atoms with Crippen molar-refractivity contribution >= 4 is 42.8 Å². The summed E-state index contributed by atoms with van der Waals surface area (Å²) >= 11 is 6.61. The van der Waals surface area contributed by atoms with Gasteiger partial charge in [-0.3, -0.25) is 4.79 Å². The van der Waals surface area contributed by atoms with E-state index in [4.69, 9.17) is 4.42 Å². The summed E-state index contributed by atoms with van der Waals surface area (Å²) in [6.45, 7) is 0. The van der Waals surface area contributed by atoms with Gasteiger partial charge in [-0.15, -0.1) is 0 Å². The molecule has 0 amide bonds. The van der Waals surface area contributed by atoms with Gasteiger partial charge in [0, 0.05) is 38.7 Å². The molecule has 8 heteroatoms. The van der Waals surface area contributed by atoms with E-state index >= 15 is 0 Å². The molecule has 2 aromatic carbocycles. The van der Waals surface area contributed by atoms with Crippen molar-refractivity contribution in [2.45, 2.75) is 0 Å². The molecular weight excluding hydrogens is 484 g/mol. The van der Waals surface area contributed by atoms with Gasteiger partial charge in [0.15, 0.2) is 17.2 Å². The minimum absolute atomic E-state index is 0.0866. The number of rotatable bonds is 1.